The number of ether oxygens (including phenoxy) is 3. The molecule has 0 fully saturated rings. The lowest BCUT2D eigenvalue weighted by Crippen LogP contribution is -2.21. The maximum Gasteiger partial charge on any atom is 0.338 e. The van der Waals surface area contributed by atoms with Crippen molar-refractivity contribution in [3.05, 3.63) is 77.3 Å². The van der Waals surface area contributed by atoms with Crippen molar-refractivity contribution in [3.8, 4) is 11.5 Å². The van der Waals surface area contributed by atoms with Gasteiger partial charge >= 0.3 is 5.97 Å². The van der Waals surface area contributed by atoms with Crippen LogP contribution in [0.3, 0.4) is 0 Å². The first-order valence-corrected chi connectivity index (χ1v) is 11.4. The van der Waals surface area contributed by atoms with E-state index in [1.54, 1.807) is 30.3 Å². The molecule has 6 nitrogen and oxygen atoms in total. The van der Waals surface area contributed by atoms with E-state index in [0.717, 1.165) is 9.79 Å². The summed E-state index contributed by atoms with van der Waals surface area (Å²) in [5, 5.41) is 3.45. The Kier molecular flexibility index (Phi) is 8.63. The summed E-state index contributed by atoms with van der Waals surface area (Å²) in [7, 11) is 1.49. The highest BCUT2D eigenvalue weighted by Gasteiger charge is 2.15. The molecule has 33 heavy (non-hydrogen) atoms. The van der Waals surface area contributed by atoms with Gasteiger partial charge < -0.3 is 19.5 Å². The highest BCUT2D eigenvalue weighted by Crippen LogP contribution is 2.34. The second-order valence-electron chi connectivity index (χ2n) is 7.21. The Bertz CT molecular complexity index is 1120. The fourth-order valence-corrected chi connectivity index (χ4v) is 3.86. The largest absolute Gasteiger partial charge is 0.493 e. The first-order valence-electron chi connectivity index (χ1n) is 10.2. The van der Waals surface area contributed by atoms with Crippen LogP contribution in [0.25, 0.3) is 0 Å². The van der Waals surface area contributed by atoms with E-state index in [9.17, 15) is 9.59 Å². The summed E-state index contributed by atoms with van der Waals surface area (Å²) in [4.78, 5) is 26.7. The van der Waals surface area contributed by atoms with Gasteiger partial charge in [-0.3, -0.25) is 4.79 Å². The molecule has 8 heteroatoms. The molecular formula is C25H24ClNO5S. The molecule has 3 rings (SSSR count). The molecule has 0 heterocycles. The van der Waals surface area contributed by atoms with Crippen molar-refractivity contribution >= 4 is 40.9 Å². The first kappa shape index (κ1) is 24.5. The van der Waals surface area contributed by atoms with Gasteiger partial charge in [0.15, 0.2) is 18.1 Å². The number of methoxy groups -OCH3 is 1. The molecule has 1 N–H and O–H groups in total. The van der Waals surface area contributed by atoms with Gasteiger partial charge in [-0.15, -0.1) is 0 Å². The molecule has 3 aromatic carbocycles. The minimum Gasteiger partial charge on any atom is -0.493 e. The maximum atomic E-state index is 12.4. The van der Waals surface area contributed by atoms with E-state index in [1.165, 1.54) is 24.9 Å². The van der Waals surface area contributed by atoms with Crippen LogP contribution in [0.4, 0.5) is 5.69 Å². The van der Waals surface area contributed by atoms with Crippen molar-refractivity contribution in [1.82, 2.24) is 0 Å². The van der Waals surface area contributed by atoms with Gasteiger partial charge in [-0.1, -0.05) is 35.5 Å². The number of rotatable bonds is 9. The lowest BCUT2D eigenvalue weighted by molar-refractivity contribution is -0.119. The van der Waals surface area contributed by atoms with Crippen molar-refractivity contribution in [2.75, 3.05) is 19.0 Å². The third-order valence-corrected chi connectivity index (χ3v) is 5.63. The van der Waals surface area contributed by atoms with Crippen LogP contribution in [0, 0.1) is 0 Å². The summed E-state index contributed by atoms with van der Waals surface area (Å²) in [5.41, 5.74) is 0.879. The van der Waals surface area contributed by atoms with Crippen molar-refractivity contribution in [2.24, 2.45) is 0 Å². The van der Waals surface area contributed by atoms with Crippen molar-refractivity contribution in [3.63, 3.8) is 0 Å². The third kappa shape index (κ3) is 7.17. The Balaban J connectivity index is 1.60. The van der Waals surface area contributed by atoms with Gasteiger partial charge in [0.25, 0.3) is 5.91 Å². The SMILES string of the molecule is COc1cc(C(=O)OCC(=O)Nc2ccccc2Sc2ccc(Cl)cc2)ccc1OC(C)C. The summed E-state index contributed by atoms with van der Waals surface area (Å²) < 4.78 is 16.1. The van der Waals surface area contributed by atoms with Crippen molar-refractivity contribution in [2.45, 2.75) is 29.7 Å². The van der Waals surface area contributed by atoms with Crippen molar-refractivity contribution in [1.29, 1.82) is 0 Å². The Hall–Kier alpha value is -3.16. The van der Waals surface area contributed by atoms with E-state index < -0.39 is 18.5 Å². The zero-order valence-corrected chi connectivity index (χ0v) is 20.0. The summed E-state index contributed by atoms with van der Waals surface area (Å²) in [6.07, 6.45) is -0.0406. The molecule has 0 radical (unpaired) electrons. The molecule has 0 aliphatic rings. The number of carbonyl (C=O) groups is 2. The Morgan fingerprint density at radius 3 is 2.42 bits per heavy atom. The zero-order valence-electron chi connectivity index (χ0n) is 18.5. The van der Waals surface area contributed by atoms with Crippen LogP contribution in [0.15, 0.2) is 76.5 Å². The molecule has 0 atom stereocenters. The van der Waals surface area contributed by atoms with Gasteiger partial charge in [0.2, 0.25) is 0 Å². The summed E-state index contributed by atoms with van der Waals surface area (Å²) in [5.74, 6) is -0.144. The molecule has 0 aliphatic heterocycles. The maximum absolute atomic E-state index is 12.4. The molecule has 0 unspecified atom stereocenters. The first-order chi connectivity index (χ1) is 15.9. The van der Waals surface area contributed by atoms with Crippen molar-refractivity contribution < 1.29 is 23.8 Å². The number of hydrogen-bond donors (Lipinski definition) is 1. The standard InChI is InChI=1S/C25H24ClNO5S/c1-16(2)32-21-13-8-17(14-22(21)30-3)25(29)31-15-24(28)27-20-6-4-5-7-23(20)33-19-11-9-18(26)10-12-19/h4-14,16H,15H2,1-3H3,(H,27,28). The smallest absolute Gasteiger partial charge is 0.338 e. The topological polar surface area (TPSA) is 73.9 Å². The van der Waals surface area contributed by atoms with E-state index in [4.69, 9.17) is 25.8 Å². The fraction of sp³-hybridized carbons (Fsp3) is 0.200. The summed E-state index contributed by atoms with van der Waals surface area (Å²) >= 11 is 7.43. The van der Waals surface area contributed by atoms with E-state index >= 15 is 0 Å². The average Bonchev–Trinajstić information content (AvgIpc) is 2.80. The average molecular weight is 486 g/mol. The Morgan fingerprint density at radius 2 is 1.73 bits per heavy atom. The molecule has 0 aromatic heterocycles. The lowest BCUT2D eigenvalue weighted by atomic mass is 10.2. The molecular weight excluding hydrogens is 462 g/mol. The minimum atomic E-state index is -0.636. The predicted molar refractivity (Wildman–Crippen MR) is 130 cm³/mol. The zero-order chi connectivity index (χ0) is 23.8. The highest BCUT2D eigenvalue weighted by molar-refractivity contribution is 7.99. The molecule has 0 spiro atoms. The summed E-state index contributed by atoms with van der Waals surface area (Å²) in [6.45, 7) is 3.37. The summed E-state index contributed by atoms with van der Waals surface area (Å²) in [6, 6.07) is 19.5. The monoisotopic (exact) mass is 485 g/mol. The number of anilines is 1. The van der Waals surface area contributed by atoms with Gasteiger partial charge in [0.05, 0.1) is 24.5 Å². The van der Waals surface area contributed by atoms with E-state index in [1.807, 2.05) is 44.2 Å². The van der Waals surface area contributed by atoms with E-state index in [-0.39, 0.29) is 11.7 Å². The normalized spacial score (nSPS) is 10.6. The van der Waals surface area contributed by atoms with Gasteiger partial charge in [-0.2, -0.15) is 0 Å². The quantitative estimate of drug-likeness (QED) is 0.370. The Labute approximate surface area is 202 Å². The number of para-hydroxylation sites is 1. The van der Waals surface area contributed by atoms with Crippen LogP contribution in [0.5, 0.6) is 11.5 Å². The van der Waals surface area contributed by atoms with Gasteiger partial charge in [0.1, 0.15) is 0 Å². The number of hydrogen-bond acceptors (Lipinski definition) is 6. The molecule has 0 aliphatic carbocycles. The molecule has 1 amide bonds. The Morgan fingerprint density at radius 1 is 1.00 bits per heavy atom. The predicted octanol–water partition coefficient (Wildman–Crippen LogP) is 6.08. The number of carbonyl (C=O) groups excluding carboxylic acids is 2. The molecule has 172 valence electrons. The third-order valence-electron chi connectivity index (χ3n) is 4.30. The lowest BCUT2D eigenvalue weighted by Gasteiger charge is -2.14. The van der Waals surface area contributed by atoms with Crippen LogP contribution >= 0.6 is 23.4 Å². The number of nitrogens with one attached hydrogen (secondary N) is 1. The van der Waals surface area contributed by atoms with Crippen LogP contribution in [-0.2, 0) is 9.53 Å². The highest BCUT2D eigenvalue weighted by atomic mass is 35.5. The molecule has 0 bridgehead atoms. The van der Waals surface area contributed by atoms with Crippen LogP contribution in [-0.4, -0.2) is 31.7 Å². The fourth-order valence-electron chi connectivity index (χ4n) is 2.84. The van der Waals surface area contributed by atoms with Gasteiger partial charge in [0, 0.05) is 14.8 Å². The number of halogens is 1. The van der Waals surface area contributed by atoms with Gasteiger partial charge in [-0.25, -0.2) is 4.79 Å². The van der Waals surface area contributed by atoms with Crippen LogP contribution in [0.2, 0.25) is 5.02 Å². The molecule has 0 saturated heterocycles. The molecule has 3 aromatic rings. The van der Waals surface area contributed by atoms with E-state index in [0.29, 0.717) is 22.2 Å². The van der Waals surface area contributed by atoms with Crippen LogP contribution in [0.1, 0.15) is 24.2 Å². The second-order valence-corrected chi connectivity index (χ2v) is 8.76. The van der Waals surface area contributed by atoms with Gasteiger partial charge in [-0.05, 0) is 68.4 Å². The number of benzene rings is 3. The number of esters is 1. The van der Waals surface area contributed by atoms with E-state index in [2.05, 4.69) is 5.32 Å². The number of amides is 1. The second kappa shape index (κ2) is 11.6. The molecule has 0 saturated carbocycles. The van der Waals surface area contributed by atoms with Crippen LogP contribution < -0.4 is 14.8 Å². The minimum absolute atomic E-state index is 0.0406.